The number of sulfone groups is 1. The van der Waals surface area contributed by atoms with Crippen LogP contribution in [0.5, 0.6) is 11.5 Å². The second kappa shape index (κ2) is 9.84. The predicted molar refractivity (Wildman–Crippen MR) is 123 cm³/mol. The number of carbonyl (C=O) groups excluding carboxylic acids is 1. The molecule has 1 atom stereocenters. The summed E-state index contributed by atoms with van der Waals surface area (Å²) in [6, 6.07) is 11.9. The van der Waals surface area contributed by atoms with Crippen LogP contribution in [0.25, 0.3) is 0 Å². The van der Waals surface area contributed by atoms with Gasteiger partial charge in [0.2, 0.25) is 11.8 Å². The van der Waals surface area contributed by atoms with Crippen LogP contribution >= 0.6 is 0 Å². The van der Waals surface area contributed by atoms with Gasteiger partial charge in [0.25, 0.3) is 0 Å². The lowest BCUT2D eigenvalue weighted by Crippen LogP contribution is -2.39. The first-order chi connectivity index (χ1) is 16.3. The molecule has 0 radical (unpaired) electrons. The van der Waals surface area contributed by atoms with Gasteiger partial charge in [0.05, 0.1) is 25.2 Å². The number of amides is 1. The highest BCUT2D eigenvalue weighted by Gasteiger charge is 2.29. The lowest BCUT2D eigenvalue weighted by atomic mass is 9.92. The van der Waals surface area contributed by atoms with E-state index in [1.807, 2.05) is 24.0 Å². The second-order valence-corrected chi connectivity index (χ2v) is 10.1. The molecule has 0 spiro atoms. The van der Waals surface area contributed by atoms with Crippen molar-refractivity contribution in [3.05, 3.63) is 65.3 Å². The van der Waals surface area contributed by atoms with Gasteiger partial charge in [-0.15, -0.1) is 0 Å². The molecule has 0 unspecified atom stereocenters. The van der Waals surface area contributed by atoms with Crippen LogP contribution in [0.2, 0.25) is 0 Å². The summed E-state index contributed by atoms with van der Waals surface area (Å²) in [6.07, 6.45) is 1.13. The molecule has 10 heteroatoms. The summed E-state index contributed by atoms with van der Waals surface area (Å²) in [7, 11) is -0.383. The third-order valence-corrected chi connectivity index (χ3v) is 7.62. The first kappa shape index (κ1) is 23.7. The van der Waals surface area contributed by atoms with Crippen LogP contribution in [0, 0.1) is 0 Å². The maximum Gasteiger partial charge on any atom is 0.227 e. The summed E-state index contributed by atoms with van der Waals surface area (Å²) < 4.78 is 41.0. The minimum atomic E-state index is -3.57. The van der Waals surface area contributed by atoms with Gasteiger partial charge in [-0.1, -0.05) is 23.4 Å². The molecule has 1 aliphatic rings. The van der Waals surface area contributed by atoms with Crippen LogP contribution in [0.1, 0.15) is 42.2 Å². The molecule has 1 aromatic heterocycles. The van der Waals surface area contributed by atoms with Crippen molar-refractivity contribution >= 4 is 15.7 Å². The quantitative estimate of drug-likeness (QED) is 0.478. The molecule has 4 rings (SSSR count). The number of nitrogens with zero attached hydrogens (tertiary/aromatic N) is 3. The molecule has 180 valence electrons. The fraction of sp³-hybridized carbons (Fsp3) is 0.375. The van der Waals surface area contributed by atoms with Crippen molar-refractivity contribution in [2.75, 3.05) is 20.8 Å². The van der Waals surface area contributed by atoms with Crippen LogP contribution in [0.15, 0.2) is 51.9 Å². The van der Waals surface area contributed by atoms with Crippen molar-refractivity contribution in [2.24, 2.45) is 0 Å². The normalized spacial score (nSPS) is 15.6. The average molecular weight is 486 g/mol. The molecule has 1 amide bonds. The van der Waals surface area contributed by atoms with Crippen LogP contribution in [-0.4, -0.2) is 50.1 Å². The number of aromatic nitrogens is 2. The number of hydrogen-bond acceptors (Lipinski definition) is 8. The molecule has 0 saturated heterocycles. The van der Waals surface area contributed by atoms with E-state index in [0.29, 0.717) is 24.5 Å². The SMILES string of the molecule is COc1cc2c(cc1OC)[C@H](C)N(C(=O)CCc1nc(CS(=O)(=O)c3ccccc3)no1)CC2. The van der Waals surface area contributed by atoms with Gasteiger partial charge in [-0.05, 0) is 48.7 Å². The van der Waals surface area contributed by atoms with Crippen LogP contribution < -0.4 is 9.47 Å². The number of carbonyl (C=O) groups is 1. The minimum Gasteiger partial charge on any atom is -0.493 e. The van der Waals surface area contributed by atoms with Crippen molar-refractivity contribution in [3.8, 4) is 11.5 Å². The molecule has 0 saturated carbocycles. The van der Waals surface area contributed by atoms with Crippen LogP contribution in [0.3, 0.4) is 0 Å². The Morgan fingerprint density at radius 3 is 2.56 bits per heavy atom. The van der Waals surface area contributed by atoms with Gasteiger partial charge in [-0.2, -0.15) is 4.98 Å². The molecule has 0 N–H and O–H groups in total. The van der Waals surface area contributed by atoms with Crippen molar-refractivity contribution in [1.29, 1.82) is 0 Å². The van der Waals surface area contributed by atoms with Gasteiger partial charge in [0.1, 0.15) is 5.75 Å². The van der Waals surface area contributed by atoms with Crippen LogP contribution in [-0.2, 0) is 33.2 Å². The summed E-state index contributed by atoms with van der Waals surface area (Å²) in [4.78, 5) is 19.2. The topological polar surface area (TPSA) is 112 Å². The van der Waals surface area contributed by atoms with Crippen molar-refractivity contribution in [3.63, 3.8) is 0 Å². The van der Waals surface area contributed by atoms with E-state index in [1.54, 1.807) is 32.4 Å². The zero-order valence-electron chi connectivity index (χ0n) is 19.4. The van der Waals surface area contributed by atoms with E-state index in [0.717, 1.165) is 11.1 Å². The predicted octanol–water partition coefficient (Wildman–Crippen LogP) is 3.14. The van der Waals surface area contributed by atoms with E-state index in [2.05, 4.69) is 10.1 Å². The molecule has 2 heterocycles. The smallest absolute Gasteiger partial charge is 0.227 e. The number of methoxy groups -OCH3 is 2. The van der Waals surface area contributed by atoms with Gasteiger partial charge in [0, 0.05) is 19.4 Å². The molecular weight excluding hydrogens is 458 g/mol. The van der Waals surface area contributed by atoms with Gasteiger partial charge >= 0.3 is 0 Å². The second-order valence-electron chi connectivity index (χ2n) is 8.10. The van der Waals surface area contributed by atoms with E-state index in [1.165, 1.54) is 12.1 Å². The highest BCUT2D eigenvalue weighted by molar-refractivity contribution is 7.90. The zero-order chi connectivity index (χ0) is 24.3. The summed E-state index contributed by atoms with van der Waals surface area (Å²) in [5.74, 6) is 1.22. The van der Waals surface area contributed by atoms with Gasteiger partial charge in [-0.3, -0.25) is 4.79 Å². The van der Waals surface area contributed by atoms with E-state index in [4.69, 9.17) is 14.0 Å². The lowest BCUT2D eigenvalue weighted by Gasteiger charge is -2.35. The minimum absolute atomic E-state index is 0.0374. The number of hydrogen-bond donors (Lipinski definition) is 0. The fourth-order valence-electron chi connectivity index (χ4n) is 4.17. The molecule has 3 aromatic rings. The summed E-state index contributed by atoms with van der Waals surface area (Å²) in [5.41, 5.74) is 2.17. The first-order valence-corrected chi connectivity index (χ1v) is 12.6. The fourth-order valence-corrected chi connectivity index (χ4v) is 5.37. The number of benzene rings is 2. The third kappa shape index (κ3) is 4.91. The Labute approximate surface area is 198 Å². The molecule has 0 aliphatic carbocycles. The molecule has 0 bridgehead atoms. The lowest BCUT2D eigenvalue weighted by molar-refractivity contribution is -0.133. The Hall–Kier alpha value is -3.40. The Morgan fingerprint density at radius 1 is 1.15 bits per heavy atom. The Balaban J connectivity index is 1.39. The summed E-state index contributed by atoms with van der Waals surface area (Å²) in [6.45, 7) is 2.58. The average Bonchev–Trinajstić information content (AvgIpc) is 3.29. The molecule has 34 heavy (non-hydrogen) atoms. The van der Waals surface area contributed by atoms with E-state index in [9.17, 15) is 13.2 Å². The van der Waals surface area contributed by atoms with Gasteiger partial charge in [-0.25, -0.2) is 8.42 Å². The summed E-state index contributed by atoms with van der Waals surface area (Å²) in [5, 5.41) is 3.78. The highest BCUT2D eigenvalue weighted by Crippen LogP contribution is 2.38. The zero-order valence-corrected chi connectivity index (χ0v) is 20.2. The first-order valence-electron chi connectivity index (χ1n) is 11.0. The Kier molecular flexibility index (Phi) is 6.87. The number of rotatable bonds is 8. The Morgan fingerprint density at radius 2 is 1.85 bits per heavy atom. The van der Waals surface area contributed by atoms with E-state index >= 15 is 0 Å². The number of aryl methyl sites for hydroxylation is 1. The van der Waals surface area contributed by atoms with Crippen molar-refractivity contribution in [2.45, 2.75) is 42.9 Å². The number of ether oxygens (including phenoxy) is 2. The van der Waals surface area contributed by atoms with Gasteiger partial charge < -0.3 is 18.9 Å². The van der Waals surface area contributed by atoms with Crippen molar-refractivity contribution in [1.82, 2.24) is 15.0 Å². The molecule has 9 nitrogen and oxygen atoms in total. The summed E-state index contributed by atoms with van der Waals surface area (Å²) >= 11 is 0. The maximum absolute atomic E-state index is 13.0. The molecule has 1 aliphatic heterocycles. The van der Waals surface area contributed by atoms with E-state index in [-0.39, 0.29) is 47.2 Å². The molecule has 0 fully saturated rings. The Bertz CT molecular complexity index is 1270. The van der Waals surface area contributed by atoms with Gasteiger partial charge in [0.15, 0.2) is 27.2 Å². The number of fused-ring (bicyclic) bond motifs is 1. The largest absolute Gasteiger partial charge is 0.493 e. The third-order valence-electron chi connectivity index (χ3n) is 5.99. The van der Waals surface area contributed by atoms with E-state index < -0.39 is 9.84 Å². The molecule has 2 aromatic carbocycles. The molecular formula is C24H27N3O6S. The van der Waals surface area contributed by atoms with Crippen LogP contribution in [0.4, 0.5) is 0 Å². The standard InChI is InChI=1S/C24H27N3O6S/c1-16-19-14-21(32-3)20(31-2)13-17(19)11-12-27(16)24(28)10-9-23-25-22(26-33-23)15-34(29,30)18-7-5-4-6-8-18/h4-8,13-14,16H,9-12,15H2,1-3H3/t16-/m0/s1. The maximum atomic E-state index is 13.0. The van der Waals surface area contributed by atoms with Crippen molar-refractivity contribution < 1.29 is 27.2 Å². The highest BCUT2D eigenvalue weighted by atomic mass is 32.2. The monoisotopic (exact) mass is 485 g/mol.